The van der Waals surface area contributed by atoms with Gasteiger partial charge in [0.2, 0.25) is 0 Å². The van der Waals surface area contributed by atoms with Gasteiger partial charge in [0, 0.05) is 42.0 Å². The van der Waals surface area contributed by atoms with Crippen molar-refractivity contribution in [2.45, 2.75) is 32.6 Å². The van der Waals surface area contributed by atoms with Crippen LogP contribution in [0.2, 0.25) is 5.02 Å². The normalized spacial score (nSPS) is 17.9. The number of benzene rings is 2. The Morgan fingerprint density at radius 2 is 2.00 bits per heavy atom. The summed E-state index contributed by atoms with van der Waals surface area (Å²) in [6, 6.07) is 15.2. The Bertz CT molecular complexity index is 1510. The molecule has 2 N–H and O–H groups in total. The third kappa shape index (κ3) is 7.33. The number of allylic oxidation sites excluding steroid dienone is 2. The maximum atomic E-state index is 11.6. The van der Waals surface area contributed by atoms with Gasteiger partial charge >= 0.3 is 5.97 Å². The fourth-order valence-electron chi connectivity index (χ4n) is 4.58. The molecule has 0 spiro atoms. The zero-order valence-electron chi connectivity index (χ0n) is 23.2. The number of nitriles is 1. The summed E-state index contributed by atoms with van der Waals surface area (Å²) in [7, 11) is 1.32. The smallest absolute Gasteiger partial charge is 0.319 e. The zero-order chi connectivity index (χ0) is 29.4. The van der Waals surface area contributed by atoms with Crippen molar-refractivity contribution in [2.75, 3.05) is 20.3 Å². The molecule has 1 aromatic heterocycles. The highest BCUT2D eigenvalue weighted by Gasteiger charge is 2.37. The molecule has 3 aromatic rings. The van der Waals surface area contributed by atoms with Gasteiger partial charge in [-0.1, -0.05) is 54.9 Å². The summed E-state index contributed by atoms with van der Waals surface area (Å²) in [6.07, 6.45) is 8.71. The molecule has 2 atom stereocenters. The summed E-state index contributed by atoms with van der Waals surface area (Å²) in [5.41, 5.74) is 3.77. The second-order valence-corrected chi connectivity index (χ2v) is 10.3. The van der Waals surface area contributed by atoms with Crippen molar-refractivity contribution in [3.8, 4) is 17.6 Å². The SMILES string of the molecule is COC(=O)CNCc1cc(Cl)c(OCC2(O)C=CC=C(c3ccccc3C)C2C)cc1OCc1cncc(C#N)c1. The van der Waals surface area contributed by atoms with Crippen LogP contribution in [-0.2, 0) is 22.7 Å². The van der Waals surface area contributed by atoms with Crippen LogP contribution < -0.4 is 14.8 Å². The van der Waals surface area contributed by atoms with Gasteiger partial charge < -0.3 is 24.6 Å². The van der Waals surface area contributed by atoms with Crippen LogP contribution in [-0.4, -0.2) is 41.9 Å². The minimum Gasteiger partial charge on any atom is -0.489 e. The largest absolute Gasteiger partial charge is 0.489 e. The Hall–Kier alpha value is -4.16. The van der Waals surface area contributed by atoms with Gasteiger partial charge in [-0.25, -0.2) is 0 Å². The number of rotatable bonds is 11. The number of hydrogen-bond acceptors (Lipinski definition) is 8. The van der Waals surface area contributed by atoms with E-state index in [-0.39, 0.29) is 32.2 Å². The molecule has 1 heterocycles. The van der Waals surface area contributed by atoms with Crippen LogP contribution in [0.5, 0.6) is 11.5 Å². The molecule has 0 aliphatic heterocycles. The topological polar surface area (TPSA) is 114 Å². The number of nitrogens with one attached hydrogen (secondary N) is 1. The van der Waals surface area contributed by atoms with Crippen molar-refractivity contribution in [3.05, 3.63) is 106 Å². The van der Waals surface area contributed by atoms with Crippen LogP contribution in [0.15, 0.2) is 73.1 Å². The molecule has 0 saturated carbocycles. The number of aryl methyl sites for hydroxylation is 1. The lowest BCUT2D eigenvalue weighted by Gasteiger charge is -2.35. The number of carbonyl (C=O) groups excluding carboxylic acids is 1. The van der Waals surface area contributed by atoms with E-state index in [0.717, 1.165) is 16.7 Å². The average Bonchev–Trinajstić information content (AvgIpc) is 2.98. The Balaban J connectivity index is 1.54. The molecule has 1 aliphatic rings. The van der Waals surface area contributed by atoms with E-state index in [1.165, 1.54) is 13.3 Å². The number of aromatic nitrogens is 1. The fraction of sp³-hybridized carbons (Fsp3) is 0.281. The molecule has 212 valence electrons. The maximum Gasteiger partial charge on any atom is 0.319 e. The number of nitrogens with zero attached hydrogens (tertiary/aromatic N) is 2. The first kappa shape index (κ1) is 29.8. The maximum absolute atomic E-state index is 11.6. The van der Waals surface area contributed by atoms with E-state index in [1.54, 1.807) is 30.5 Å². The minimum absolute atomic E-state index is 0.00788. The Kier molecular flexibility index (Phi) is 9.79. The Morgan fingerprint density at radius 3 is 2.76 bits per heavy atom. The van der Waals surface area contributed by atoms with Gasteiger partial charge in [0.25, 0.3) is 0 Å². The van der Waals surface area contributed by atoms with Crippen LogP contribution in [0.25, 0.3) is 5.57 Å². The minimum atomic E-state index is -1.28. The highest BCUT2D eigenvalue weighted by molar-refractivity contribution is 6.32. The highest BCUT2D eigenvalue weighted by atomic mass is 35.5. The van der Waals surface area contributed by atoms with Crippen LogP contribution in [0.4, 0.5) is 0 Å². The van der Waals surface area contributed by atoms with E-state index in [9.17, 15) is 15.2 Å². The molecule has 4 rings (SSSR count). The van der Waals surface area contributed by atoms with Crippen molar-refractivity contribution in [1.29, 1.82) is 5.26 Å². The predicted octanol–water partition coefficient (Wildman–Crippen LogP) is 5.16. The molecule has 2 unspecified atom stereocenters. The lowest BCUT2D eigenvalue weighted by Crippen LogP contribution is -2.42. The van der Waals surface area contributed by atoms with Crippen LogP contribution in [0.1, 0.15) is 34.7 Å². The number of halogens is 1. The summed E-state index contributed by atoms with van der Waals surface area (Å²) in [5.74, 6) is 0.150. The summed E-state index contributed by atoms with van der Waals surface area (Å²) in [5, 5.41) is 24.1. The summed E-state index contributed by atoms with van der Waals surface area (Å²) in [4.78, 5) is 15.7. The van der Waals surface area contributed by atoms with E-state index in [1.807, 2.05) is 50.3 Å². The standard InChI is InChI=1S/C32H32ClN3O5/c1-21-7-4-5-8-26(21)27-9-6-10-32(38,22(27)2)20-41-30-13-29(40-19-24-11-23(14-34)15-35-16-24)25(12-28(30)33)17-36-18-31(37)39-3/h4-13,15-16,22,36,38H,17-20H2,1-3H3. The molecular formula is C32H32ClN3O5. The van der Waals surface area contributed by atoms with Crippen LogP contribution in [0.3, 0.4) is 0 Å². The van der Waals surface area contributed by atoms with Crippen molar-refractivity contribution < 1.29 is 24.1 Å². The predicted molar refractivity (Wildman–Crippen MR) is 156 cm³/mol. The van der Waals surface area contributed by atoms with Crippen molar-refractivity contribution in [3.63, 3.8) is 0 Å². The summed E-state index contributed by atoms with van der Waals surface area (Å²) < 4.78 is 16.9. The van der Waals surface area contributed by atoms with E-state index in [0.29, 0.717) is 33.2 Å². The zero-order valence-corrected chi connectivity index (χ0v) is 23.9. The van der Waals surface area contributed by atoms with Gasteiger partial charge in [-0.3, -0.25) is 9.78 Å². The molecule has 8 nitrogen and oxygen atoms in total. The van der Waals surface area contributed by atoms with Gasteiger partial charge in [0.1, 0.15) is 36.4 Å². The first-order valence-corrected chi connectivity index (χ1v) is 13.5. The lowest BCUT2D eigenvalue weighted by molar-refractivity contribution is -0.139. The quantitative estimate of drug-likeness (QED) is 0.303. The number of methoxy groups -OCH3 is 1. The third-order valence-electron chi connectivity index (χ3n) is 7.04. The monoisotopic (exact) mass is 573 g/mol. The Morgan fingerprint density at radius 1 is 1.20 bits per heavy atom. The number of hydrogen-bond donors (Lipinski definition) is 2. The van der Waals surface area contributed by atoms with Gasteiger partial charge in [0.15, 0.2) is 0 Å². The number of esters is 1. The molecule has 2 aromatic carbocycles. The first-order valence-electron chi connectivity index (χ1n) is 13.1. The van der Waals surface area contributed by atoms with Gasteiger partial charge in [-0.15, -0.1) is 0 Å². The van der Waals surface area contributed by atoms with E-state index in [2.05, 4.69) is 16.4 Å². The van der Waals surface area contributed by atoms with Crippen molar-refractivity contribution in [2.24, 2.45) is 5.92 Å². The fourth-order valence-corrected chi connectivity index (χ4v) is 4.82. The van der Waals surface area contributed by atoms with Crippen LogP contribution >= 0.6 is 11.6 Å². The second kappa shape index (κ2) is 13.5. The van der Waals surface area contributed by atoms with Crippen molar-refractivity contribution in [1.82, 2.24) is 10.3 Å². The van der Waals surface area contributed by atoms with E-state index < -0.39 is 11.6 Å². The number of aliphatic hydroxyl groups is 1. The number of carbonyl (C=O) groups is 1. The molecule has 0 bridgehead atoms. The summed E-state index contributed by atoms with van der Waals surface area (Å²) >= 11 is 6.61. The van der Waals surface area contributed by atoms with Crippen molar-refractivity contribution >= 4 is 23.1 Å². The molecule has 9 heteroatoms. The van der Waals surface area contributed by atoms with Crippen LogP contribution in [0, 0.1) is 24.2 Å². The molecule has 41 heavy (non-hydrogen) atoms. The summed E-state index contributed by atoms with van der Waals surface area (Å²) in [6.45, 7) is 4.40. The molecule has 1 aliphatic carbocycles. The molecule has 0 radical (unpaired) electrons. The lowest BCUT2D eigenvalue weighted by atomic mass is 9.76. The molecule has 0 fully saturated rings. The first-order chi connectivity index (χ1) is 19.7. The highest BCUT2D eigenvalue weighted by Crippen LogP contribution is 2.39. The van der Waals surface area contributed by atoms with Gasteiger partial charge in [-0.05, 0) is 41.8 Å². The van der Waals surface area contributed by atoms with E-state index in [4.69, 9.17) is 25.8 Å². The number of pyridine rings is 1. The molecular weight excluding hydrogens is 542 g/mol. The molecule has 0 amide bonds. The van der Waals surface area contributed by atoms with E-state index >= 15 is 0 Å². The third-order valence-corrected chi connectivity index (χ3v) is 7.33. The van der Waals surface area contributed by atoms with Gasteiger partial charge in [0.05, 0.1) is 24.2 Å². The molecule has 0 saturated heterocycles. The second-order valence-electron chi connectivity index (χ2n) is 9.85. The number of ether oxygens (including phenoxy) is 3. The van der Waals surface area contributed by atoms with Gasteiger partial charge in [-0.2, -0.15) is 5.26 Å². The Labute approximate surface area is 244 Å². The average molecular weight is 574 g/mol.